The van der Waals surface area contributed by atoms with E-state index in [1.165, 1.54) is 12.1 Å². The number of anilines is 2. The van der Waals surface area contributed by atoms with Gasteiger partial charge in [-0.2, -0.15) is 5.10 Å². The number of ether oxygens (including phenoxy) is 1. The minimum absolute atomic E-state index is 0.0238. The van der Waals surface area contributed by atoms with E-state index in [4.69, 9.17) is 4.74 Å². The third-order valence-corrected chi connectivity index (χ3v) is 7.32. The molecule has 10 heteroatoms. The van der Waals surface area contributed by atoms with Crippen molar-refractivity contribution < 1.29 is 22.3 Å². The Morgan fingerprint density at radius 3 is 2.90 bits per heavy atom. The normalized spacial score (nSPS) is 22.1. The summed E-state index contributed by atoms with van der Waals surface area (Å²) in [6, 6.07) is 4.70. The highest BCUT2D eigenvalue weighted by Gasteiger charge is 2.31. The maximum Gasteiger partial charge on any atom is 0.407 e. The number of carbonyl (C=O) groups excluding carboxylic acids is 1. The van der Waals surface area contributed by atoms with Gasteiger partial charge in [0.1, 0.15) is 6.10 Å². The minimum Gasteiger partial charge on any atom is -0.446 e. The first-order valence-electron chi connectivity index (χ1n) is 10.1. The Bertz CT molecular complexity index is 1070. The van der Waals surface area contributed by atoms with Crippen LogP contribution < -0.4 is 10.6 Å². The van der Waals surface area contributed by atoms with Crippen molar-refractivity contribution in [3.63, 3.8) is 0 Å². The van der Waals surface area contributed by atoms with Crippen molar-refractivity contribution in [2.75, 3.05) is 11.1 Å². The number of benzene rings is 1. The molecule has 0 saturated heterocycles. The van der Waals surface area contributed by atoms with Gasteiger partial charge in [0.2, 0.25) is 0 Å². The molecule has 4 rings (SSSR count). The molecule has 0 unspecified atom stereocenters. The van der Waals surface area contributed by atoms with Crippen molar-refractivity contribution in [3.8, 4) is 0 Å². The summed E-state index contributed by atoms with van der Waals surface area (Å²) in [6.07, 6.45) is 1.94. The number of hydrogen-bond donors (Lipinski definition) is 3. The molecule has 0 spiro atoms. The fourth-order valence-corrected chi connectivity index (χ4v) is 5.60. The maximum atomic E-state index is 14.8. The van der Waals surface area contributed by atoms with Crippen LogP contribution in [0.15, 0.2) is 23.1 Å². The van der Waals surface area contributed by atoms with Crippen LogP contribution in [-0.2, 0) is 21.0 Å². The Labute approximate surface area is 174 Å². The van der Waals surface area contributed by atoms with Crippen LogP contribution >= 0.6 is 0 Å². The quantitative estimate of drug-likeness (QED) is 0.662. The molecule has 162 valence electrons. The number of fused-ring (bicyclic) bond motifs is 1. The lowest BCUT2D eigenvalue weighted by Gasteiger charge is -2.14. The molecule has 3 N–H and O–H groups in total. The van der Waals surface area contributed by atoms with Crippen molar-refractivity contribution in [1.82, 2.24) is 15.5 Å². The average molecular weight is 437 g/mol. The van der Waals surface area contributed by atoms with Gasteiger partial charge >= 0.3 is 6.09 Å². The summed E-state index contributed by atoms with van der Waals surface area (Å²) < 4.78 is 44.1. The van der Waals surface area contributed by atoms with Crippen LogP contribution in [0.4, 0.5) is 20.7 Å². The first-order chi connectivity index (χ1) is 14.2. The molecule has 30 heavy (non-hydrogen) atoms. The summed E-state index contributed by atoms with van der Waals surface area (Å²) in [5.74, 6) is 0.00481. The Morgan fingerprint density at radius 1 is 1.33 bits per heavy atom. The second-order valence-electron chi connectivity index (χ2n) is 8.14. The number of rotatable bonds is 5. The van der Waals surface area contributed by atoms with Crippen LogP contribution in [0.2, 0.25) is 0 Å². The fourth-order valence-electron chi connectivity index (χ4n) is 4.07. The van der Waals surface area contributed by atoms with E-state index in [0.717, 1.165) is 18.5 Å². The first kappa shape index (κ1) is 20.6. The molecular formula is C20H25FN4O4S. The summed E-state index contributed by atoms with van der Waals surface area (Å²) in [7, 11) is -3.38. The zero-order chi connectivity index (χ0) is 21.5. The molecule has 8 nitrogen and oxygen atoms in total. The van der Waals surface area contributed by atoms with Gasteiger partial charge in [0, 0.05) is 29.3 Å². The molecule has 2 atom stereocenters. The van der Waals surface area contributed by atoms with Gasteiger partial charge in [-0.25, -0.2) is 17.6 Å². The van der Waals surface area contributed by atoms with Crippen LogP contribution in [0, 0.1) is 5.82 Å². The third-order valence-electron chi connectivity index (χ3n) is 5.52. The number of carbonyl (C=O) groups is 1. The van der Waals surface area contributed by atoms with Crippen LogP contribution in [0.1, 0.15) is 50.3 Å². The number of H-pyrrole nitrogens is 1. The van der Waals surface area contributed by atoms with Crippen LogP contribution in [0.5, 0.6) is 0 Å². The molecule has 1 aliphatic carbocycles. The zero-order valence-corrected chi connectivity index (χ0v) is 17.7. The predicted octanol–water partition coefficient (Wildman–Crippen LogP) is 3.39. The topological polar surface area (TPSA) is 113 Å². The number of nitrogens with one attached hydrogen (secondary N) is 3. The monoisotopic (exact) mass is 436 g/mol. The highest BCUT2D eigenvalue weighted by Crippen LogP contribution is 2.37. The molecule has 2 aromatic rings. The molecule has 1 aromatic carbocycles. The fraction of sp³-hybridized carbons (Fsp3) is 0.500. The number of halogens is 1. The van der Waals surface area contributed by atoms with Gasteiger partial charge in [0.15, 0.2) is 21.5 Å². The first-order valence-corrected chi connectivity index (χ1v) is 11.7. The van der Waals surface area contributed by atoms with Gasteiger partial charge in [0.05, 0.1) is 16.3 Å². The number of nitrogens with zero attached hydrogens (tertiary/aromatic N) is 1. The van der Waals surface area contributed by atoms with Gasteiger partial charge in [-0.15, -0.1) is 0 Å². The van der Waals surface area contributed by atoms with Gasteiger partial charge in [-0.3, -0.25) is 5.10 Å². The van der Waals surface area contributed by atoms with Crippen molar-refractivity contribution in [1.29, 1.82) is 0 Å². The lowest BCUT2D eigenvalue weighted by atomic mass is 10.0. The van der Waals surface area contributed by atoms with Gasteiger partial charge in [0.25, 0.3) is 0 Å². The van der Waals surface area contributed by atoms with Gasteiger partial charge < -0.3 is 15.4 Å². The Balaban J connectivity index is 1.41. The van der Waals surface area contributed by atoms with Crippen LogP contribution in [0.3, 0.4) is 0 Å². The smallest absolute Gasteiger partial charge is 0.407 e. The van der Waals surface area contributed by atoms with Crippen LogP contribution in [0.25, 0.3) is 0 Å². The highest BCUT2D eigenvalue weighted by molar-refractivity contribution is 7.91. The standard InChI is InChI=1S/C20H25FN4O4S/c1-11(2)22-20(26)29-13-4-3-12(9-13)16-10-18(25-24-16)23-15-5-6-17-14(19(15)21)7-8-30(17,27)28/h5-6,10-13H,3-4,7-9H2,1-2H3,(H,22,26)(H2,23,24,25)/t12-,13+/m0/s1. The zero-order valence-electron chi connectivity index (χ0n) is 16.9. The summed E-state index contributed by atoms with van der Waals surface area (Å²) in [4.78, 5) is 11.9. The number of aromatic amines is 1. The molecule has 1 aromatic heterocycles. The Morgan fingerprint density at radius 2 is 2.13 bits per heavy atom. The van der Waals surface area contributed by atoms with Crippen molar-refractivity contribution in [2.24, 2.45) is 0 Å². The number of sulfone groups is 1. The Kier molecular flexibility index (Phi) is 5.44. The lowest BCUT2D eigenvalue weighted by molar-refractivity contribution is 0.0981. The van der Waals surface area contributed by atoms with E-state index in [0.29, 0.717) is 12.2 Å². The van der Waals surface area contributed by atoms with E-state index >= 15 is 0 Å². The number of alkyl carbamates (subject to hydrolysis) is 1. The third kappa shape index (κ3) is 4.14. The lowest BCUT2D eigenvalue weighted by Crippen LogP contribution is -2.33. The number of hydrogen-bond acceptors (Lipinski definition) is 6. The largest absolute Gasteiger partial charge is 0.446 e. The summed E-state index contributed by atoms with van der Waals surface area (Å²) >= 11 is 0. The van der Waals surface area contributed by atoms with Gasteiger partial charge in [-0.05, 0) is 51.7 Å². The molecular weight excluding hydrogens is 411 g/mol. The second kappa shape index (κ2) is 7.90. The van der Waals surface area contributed by atoms with E-state index in [9.17, 15) is 17.6 Å². The molecule has 1 fully saturated rings. The predicted molar refractivity (Wildman–Crippen MR) is 109 cm³/mol. The molecule has 2 aliphatic rings. The molecule has 2 heterocycles. The van der Waals surface area contributed by atoms with E-state index in [1.54, 1.807) is 0 Å². The summed E-state index contributed by atoms with van der Waals surface area (Å²) in [6.45, 7) is 3.75. The van der Waals surface area contributed by atoms with Crippen LogP contribution in [-0.4, -0.2) is 42.6 Å². The maximum absolute atomic E-state index is 14.8. The minimum atomic E-state index is -3.38. The highest BCUT2D eigenvalue weighted by atomic mass is 32.2. The molecule has 1 saturated carbocycles. The summed E-state index contributed by atoms with van der Waals surface area (Å²) in [5, 5.41) is 12.8. The second-order valence-corrected chi connectivity index (χ2v) is 10.2. The molecule has 0 bridgehead atoms. The van der Waals surface area contributed by atoms with Gasteiger partial charge in [-0.1, -0.05) is 0 Å². The van der Waals surface area contributed by atoms with E-state index in [2.05, 4.69) is 20.8 Å². The molecule has 0 radical (unpaired) electrons. The number of amides is 1. The Hall–Kier alpha value is -2.62. The SMILES string of the molecule is CC(C)NC(=O)O[C@@H]1CC[C@H](c2cc(Nc3ccc4c(c3F)CCS4(=O)=O)n[nH]2)C1. The average Bonchev–Trinajstić information content (AvgIpc) is 3.36. The van der Waals surface area contributed by atoms with Crippen molar-refractivity contribution in [2.45, 2.75) is 62.5 Å². The van der Waals surface area contributed by atoms with E-state index in [-0.39, 0.29) is 46.4 Å². The van der Waals surface area contributed by atoms with E-state index < -0.39 is 21.7 Å². The molecule has 1 amide bonds. The summed E-state index contributed by atoms with van der Waals surface area (Å²) in [5.41, 5.74) is 1.31. The van der Waals surface area contributed by atoms with E-state index in [1.807, 2.05) is 19.9 Å². The molecule has 1 aliphatic heterocycles. The van der Waals surface area contributed by atoms with Crippen molar-refractivity contribution in [3.05, 3.63) is 35.3 Å². The number of aromatic nitrogens is 2. The van der Waals surface area contributed by atoms with Crippen molar-refractivity contribution >= 4 is 27.4 Å².